The molecule has 0 aromatic heterocycles. The Balaban J connectivity index is 0.00000121. The maximum absolute atomic E-state index is 10.8. The first-order valence-electron chi connectivity index (χ1n) is 3.58. The van der Waals surface area contributed by atoms with Gasteiger partial charge in [-0.3, -0.25) is 4.79 Å². The number of carbonyl (C=O) groups excluding carboxylic acids is 1. The molecule has 0 bridgehead atoms. The third kappa shape index (κ3) is 3.56. The molecular weight excluding hydrogens is 204 g/mol. The van der Waals surface area contributed by atoms with Crippen LogP contribution < -0.4 is 4.74 Å². The smallest absolute Gasteiger partial charge is 0.310 e. The minimum atomic E-state index is -0.198. The topological polar surface area (TPSA) is 26.3 Å². The second-order valence-corrected chi connectivity index (χ2v) is 2.14. The van der Waals surface area contributed by atoms with E-state index in [1.54, 1.807) is 19.1 Å². The molecule has 0 spiro atoms. The van der Waals surface area contributed by atoms with E-state index in [2.05, 4.69) is 0 Å². The number of esters is 1. The maximum Gasteiger partial charge on any atom is 0.310 e. The molecule has 1 radical (unpaired) electrons. The van der Waals surface area contributed by atoms with Crippen molar-refractivity contribution in [2.24, 2.45) is 0 Å². The van der Waals surface area contributed by atoms with Gasteiger partial charge in [-0.15, -0.1) is 0 Å². The summed E-state index contributed by atoms with van der Waals surface area (Å²) in [5.74, 6) is 0.413. The van der Waals surface area contributed by atoms with Crippen LogP contribution in [0.25, 0.3) is 0 Å². The van der Waals surface area contributed by atoms with Crippen molar-refractivity contribution in [2.75, 3.05) is 0 Å². The summed E-state index contributed by atoms with van der Waals surface area (Å²) in [5.41, 5.74) is 0. The summed E-state index contributed by atoms with van der Waals surface area (Å²) in [5, 5.41) is 0. The van der Waals surface area contributed by atoms with E-state index in [9.17, 15) is 4.79 Å². The molecule has 0 aliphatic rings. The number of rotatable bonds is 2. The number of benzene rings is 1. The first-order chi connectivity index (χ1) is 5.33. The molecule has 0 N–H and O–H groups in total. The van der Waals surface area contributed by atoms with Crippen LogP contribution in [-0.4, -0.2) is 5.97 Å². The quantitative estimate of drug-likeness (QED) is 0.427. The van der Waals surface area contributed by atoms with Crippen molar-refractivity contribution >= 4 is 5.97 Å². The van der Waals surface area contributed by atoms with E-state index in [-0.39, 0.29) is 23.0 Å². The number of hydrogen-bond acceptors (Lipinski definition) is 2. The third-order valence-corrected chi connectivity index (χ3v) is 1.26. The van der Waals surface area contributed by atoms with Crippen molar-refractivity contribution in [1.29, 1.82) is 0 Å². The minimum absolute atomic E-state index is 0. The molecular formula is C9H10CuO2. The molecule has 0 aliphatic carbocycles. The first-order valence-corrected chi connectivity index (χ1v) is 3.58. The van der Waals surface area contributed by atoms with Crippen LogP contribution in [0.5, 0.6) is 5.75 Å². The largest absolute Gasteiger partial charge is 0.427 e. The van der Waals surface area contributed by atoms with E-state index in [0.29, 0.717) is 12.2 Å². The Bertz CT molecular complexity index is 234. The zero-order valence-corrected chi connectivity index (χ0v) is 7.65. The third-order valence-electron chi connectivity index (χ3n) is 1.26. The molecule has 3 heteroatoms. The van der Waals surface area contributed by atoms with Gasteiger partial charge in [0.2, 0.25) is 0 Å². The van der Waals surface area contributed by atoms with Gasteiger partial charge in [-0.05, 0) is 12.1 Å². The van der Waals surface area contributed by atoms with E-state index in [4.69, 9.17) is 4.74 Å². The number of hydrogen-bond donors (Lipinski definition) is 0. The van der Waals surface area contributed by atoms with E-state index in [1.807, 2.05) is 18.2 Å². The van der Waals surface area contributed by atoms with Crippen LogP contribution in [0.15, 0.2) is 30.3 Å². The molecule has 0 fully saturated rings. The van der Waals surface area contributed by atoms with Gasteiger partial charge in [-0.25, -0.2) is 0 Å². The summed E-state index contributed by atoms with van der Waals surface area (Å²) in [7, 11) is 0. The Morgan fingerprint density at radius 2 is 1.92 bits per heavy atom. The normalized spacial score (nSPS) is 8.42. The summed E-state index contributed by atoms with van der Waals surface area (Å²) in [6, 6.07) is 9.06. The fourth-order valence-electron chi connectivity index (χ4n) is 0.692. The fourth-order valence-corrected chi connectivity index (χ4v) is 0.692. The fraction of sp³-hybridized carbons (Fsp3) is 0.222. The van der Waals surface area contributed by atoms with E-state index in [0.717, 1.165) is 0 Å². The van der Waals surface area contributed by atoms with Crippen LogP contribution in [-0.2, 0) is 21.9 Å². The molecule has 0 unspecified atom stereocenters. The number of para-hydroxylation sites is 1. The van der Waals surface area contributed by atoms with Gasteiger partial charge in [-0.2, -0.15) is 0 Å². The van der Waals surface area contributed by atoms with Gasteiger partial charge < -0.3 is 4.74 Å². The Morgan fingerprint density at radius 1 is 1.33 bits per heavy atom. The molecule has 2 nitrogen and oxygen atoms in total. The molecule has 0 heterocycles. The van der Waals surface area contributed by atoms with Crippen molar-refractivity contribution < 1.29 is 26.6 Å². The summed E-state index contributed by atoms with van der Waals surface area (Å²) in [6.45, 7) is 1.77. The predicted octanol–water partition coefficient (Wildman–Crippen LogP) is 2.00. The van der Waals surface area contributed by atoms with Gasteiger partial charge in [0.1, 0.15) is 5.75 Å². The summed E-state index contributed by atoms with van der Waals surface area (Å²) >= 11 is 0. The number of carbonyl (C=O) groups is 1. The molecule has 1 rings (SSSR count). The summed E-state index contributed by atoms with van der Waals surface area (Å²) < 4.78 is 4.92. The van der Waals surface area contributed by atoms with Crippen LogP contribution in [0.2, 0.25) is 0 Å². The molecule has 1 aromatic rings. The molecule has 0 amide bonds. The first kappa shape index (κ1) is 11.2. The van der Waals surface area contributed by atoms with E-state index in [1.165, 1.54) is 0 Å². The van der Waals surface area contributed by atoms with Gasteiger partial charge in [-0.1, -0.05) is 25.1 Å². The molecule has 12 heavy (non-hydrogen) atoms. The van der Waals surface area contributed by atoms with Gasteiger partial charge in [0, 0.05) is 23.5 Å². The average molecular weight is 214 g/mol. The van der Waals surface area contributed by atoms with Crippen molar-refractivity contribution in [3.05, 3.63) is 30.3 Å². The van der Waals surface area contributed by atoms with Gasteiger partial charge >= 0.3 is 5.97 Å². The van der Waals surface area contributed by atoms with Crippen molar-refractivity contribution in [3.63, 3.8) is 0 Å². The van der Waals surface area contributed by atoms with Crippen LogP contribution in [0.4, 0.5) is 0 Å². The molecule has 0 saturated heterocycles. The van der Waals surface area contributed by atoms with E-state index < -0.39 is 0 Å². The maximum atomic E-state index is 10.8. The van der Waals surface area contributed by atoms with Crippen molar-refractivity contribution in [1.82, 2.24) is 0 Å². The van der Waals surface area contributed by atoms with Gasteiger partial charge in [0.05, 0.1) is 0 Å². The second-order valence-electron chi connectivity index (χ2n) is 2.14. The zero-order valence-electron chi connectivity index (χ0n) is 6.71. The van der Waals surface area contributed by atoms with Crippen LogP contribution in [0.1, 0.15) is 13.3 Å². The van der Waals surface area contributed by atoms with Crippen LogP contribution in [0, 0.1) is 0 Å². The van der Waals surface area contributed by atoms with Crippen LogP contribution in [0.3, 0.4) is 0 Å². The summed E-state index contributed by atoms with van der Waals surface area (Å²) in [4.78, 5) is 10.8. The molecule has 1 aromatic carbocycles. The Kier molecular flexibility index (Phi) is 5.43. The predicted molar refractivity (Wildman–Crippen MR) is 42.4 cm³/mol. The standard InChI is InChI=1S/C9H10O2.Cu/c1-2-9(10)11-8-6-4-3-5-7-8;/h3-7H,2H2,1H3;. The van der Waals surface area contributed by atoms with E-state index >= 15 is 0 Å². The van der Waals surface area contributed by atoms with Crippen molar-refractivity contribution in [2.45, 2.75) is 13.3 Å². The van der Waals surface area contributed by atoms with Gasteiger partial charge in [0.25, 0.3) is 0 Å². The second kappa shape index (κ2) is 5.81. The SMILES string of the molecule is CCC(=O)Oc1ccccc1.[Cu]. The molecule has 0 aliphatic heterocycles. The number of ether oxygens (including phenoxy) is 1. The zero-order chi connectivity index (χ0) is 8.10. The monoisotopic (exact) mass is 213 g/mol. The average Bonchev–Trinajstić information content (AvgIpc) is 2.06. The molecule has 0 atom stereocenters. The van der Waals surface area contributed by atoms with Gasteiger partial charge in [0.15, 0.2) is 0 Å². The minimum Gasteiger partial charge on any atom is -0.427 e. The molecule has 69 valence electrons. The Labute approximate surface area is 82.4 Å². The Hall–Kier alpha value is -0.791. The van der Waals surface area contributed by atoms with Crippen LogP contribution >= 0.6 is 0 Å². The summed E-state index contributed by atoms with van der Waals surface area (Å²) in [6.07, 6.45) is 0.412. The Morgan fingerprint density at radius 3 is 2.42 bits per heavy atom. The van der Waals surface area contributed by atoms with Crippen molar-refractivity contribution in [3.8, 4) is 5.75 Å². The molecule has 0 saturated carbocycles.